The van der Waals surface area contributed by atoms with Crippen molar-refractivity contribution in [3.8, 4) is 22.6 Å². The predicted molar refractivity (Wildman–Crippen MR) is 122 cm³/mol. The number of nitrogens with zero attached hydrogens (tertiary/aromatic N) is 1. The van der Waals surface area contributed by atoms with Crippen molar-refractivity contribution in [3.63, 3.8) is 0 Å². The van der Waals surface area contributed by atoms with E-state index < -0.39 is 21.7 Å². The molecule has 0 aliphatic rings. The minimum atomic E-state index is -3.42. The van der Waals surface area contributed by atoms with Crippen LogP contribution in [0.2, 0.25) is 0 Å². The Kier molecular flexibility index (Phi) is 6.05. The molecule has 2 N–H and O–H groups in total. The summed E-state index contributed by atoms with van der Waals surface area (Å²) >= 11 is 0. The first kappa shape index (κ1) is 22.7. The topological polar surface area (TPSA) is 93.2 Å². The first-order valence-electron chi connectivity index (χ1n) is 10.1. The zero-order chi connectivity index (χ0) is 23.8. The van der Waals surface area contributed by atoms with Crippen molar-refractivity contribution in [2.75, 3.05) is 5.75 Å². The normalized spacial score (nSPS) is 11.8. The van der Waals surface area contributed by atoms with Crippen LogP contribution in [0, 0.1) is 11.6 Å². The van der Waals surface area contributed by atoms with E-state index in [2.05, 4.69) is 9.71 Å². The molecular formula is C23H21F2N3O4S. The molecule has 0 aliphatic carbocycles. The van der Waals surface area contributed by atoms with Crippen LogP contribution in [0.5, 0.6) is 11.5 Å². The van der Waals surface area contributed by atoms with Gasteiger partial charge in [0.05, 0.1) is 5.75 Å². The molecule has 4 aromatic rings. The van der Waals surface area contributed by atoms with Gasteiger partial charge in [-0.3, -0.25) is 4.79 Å². The average Bonchev–Trinajstić information content (AvgIpc) is 3.12. The fourth-order valence-electron chi connectivity index (χ4n) is 3.54. The Balaban J connectivity index is 1.85. The first-order valence-corrected chi connectivity index (χ1v) is 11.7. The fourth-order valence-corrected chi connectivity index (χ4v) is 4.13. The monoisotopic (exact) mass is 473 g/mol. The van der Waals surface area contributed by atoms with Crippen molar-refractivity contribution in [1.29, 1.82) is 0 Å². The third-order valence-corrected chi connectivity index (χ3v) is 6.57. The number of ether oxygens (including phenoxy) is 1. The van der Waals surface area contributed by atoms with Gasteiger partial charge in [0.25, 0.3) is 5.56 Å². The standard InChI is InChI=1S/C23H21F2N3O4S/c1-3-33(30,31)27-12-14-4-6-20(32-21-7-5-15(24)11-19(21)25)17(10-14)18-13-28(2)22-16(18)8-9-26-23(22)29/h4-11,13,27H,3,12H2,1-2H3,(H,26,29). The molecule has 0 aliphatic heterocycles. The fraction of sp³-hybridized carbons (Fsp3) is 0.174. The van der Waals surface area contributed by atoms with E-state index in [1.807, 2.05) is 0 Å². The number of aryl methyl sites for hydroxylation is 1. The number of hydrogen-bond acceptors (Lipinski definition) is 4. The average molecular weight is 474 g/mol. The second-order valence-electron chi connectivity index (χ2n) is 7.45. The van der Waals surface area contributed by atoms with Gasteiger partial charge in [0, 0.05) is 48.6 Å². The van der Waals surface area contributed by atoms with E-state index in [1.54, 1.807) is 42.1 Å². The Hall–Kier alpha value is -3.50. The number of nitrogens with one attached hydrogen (secondary N) is 2. The SMILES string of the molecule is CCS(=O)(=O)NCc1ccc(Oc2ccc(F)cc2F)c(-c2cn(C)c3c(=O)[nH]ccc23)c1. The molecule has 0 amide bonds. The van der Waals surface area contributed by atoms with Crippen molar-refractivity contribution in [1.82, 2.24) is 14.3 Å². The number of aromatic amines is 1. The van der Waals surface area contributed by atoms with E-state index >= 15 is 0 Å². The number of aromatic nitrogens is 2. The summed E-state index contributed by atoms with van der Waals surface area (Å²) in [7, 11) is -1.69. The Labute approximate surface area is 188 Å². The van der Waals surface area contributed by atoms with E-state index in [0.717, 1.165) is 12.1 Å². The summed E-state index contributed by atoms with van der Waals surface area (Å²) in [6, 6.07) is 9.68. The van der Waals surface area contributed by atoms with E-state index in [9.17, 15) is 22.0 Å². The lowest BCUT2D eigenvalue weighted by Crippen LogP contribution is -2.24. The summed E-state index contributed by atoms with van der Waals surface area (Å²) in [5, 5.41) is 0.636. The van der Waals surface area contributed by atoms with Crippen LogP contribution in [0.3, 0.4) is 0 Å². The van der Waals surface area contributed by atoms with Gasteiger partial charge in [-0.15, -0.1) is 0 Å². The second-order valence-corrected chi connectivity index (χ2v) is 9.55. The van der Waals surface area contributed by atoms with Crippen LogP contribution in [0.25, 0.3) is 22.0 Å². The van der Waals surface area contributed by atoms with Crippen LogP contribution in [0.1, 0.15) is 12.5 Å². The number of fused-ring (bicyclic) bond motifs is 1. The first-order chi connectivity index (χ1) is 15.7. The second kappa shape index (κ2) is 8.80. The maximum Gasteiger partial charge on any atom is 0.272 e. The van der Waals surface area contributed by atoms with Gasteiger partial charge in [-0.1, -0.05) is 6.07 Å². The maximum atomic E-state index is 14.3. The van der Waals surface area contributed by atoms with E-state index in [1.165, 1.54) is 19.2 Å². The molecule has 10 heteroatoms. The number of pyridine rings is 1. The van der Waals surface area contributed by atoms with Gasteiger partial charge >= 0.3 is 0 Å². The van der Waals surface area contributed by atoms with Crippen LogP contribution in [-0.4, -0.2) is 23.7 Å². The van der Waals surface area contributed by atoms with Gasteiger partial charge in [-0.05, 0) is 42.8 Å². The summed E-state index contributed by atoms with van der Waals surface area (Å²) in [5.41, 5.74) is 1.94. The Bertz CT molecular complexity index is 1510. The number of rotatable bonds is 7. The molecule has 4 rings (SSSR count). The molecule has 33 heavy (non-hydrogen) atoms. The maximum absolute atomic E-state index is 14.3. The highest BCUT2D eigenvalue weighted by atomic mass is 32.2. The highest BCUT2D eigenvalue weighted by molar-refractivity contribution is 7.89. The molecule has 2 aromatic carbocycles. The number of sulfonamides is 1. The quantitative estimate of drug-likeness (QED) is 0.424. The van der Waals surface area contributed by atoms with E-state index in [4.69, 9.17) is 4.74 Å². The summed E-state index contributed by atoms with van der Waals surface area (Å²) < 4.78 is 61.3. The minimum Gasteiger partial charge on any atom is -0.454 e. The molecule has 0 spiro atoms. The molecule has 0 saturated carbocycles. The highest BCUT2D eigenvalue weighted by Gasteiger charge is 2.18. The molecule has 7 nitrogen and oxygen atoms in total. The summed E-state index contributed by atoms with van der Waals surface area (Å²) in [6.45, 7) is 1.58. The third-order valence-electron chi connectivity index (χ3n) is 5.22. The lowest BCUT2D eigenvalue weighted by Gasteiger charge is -2.14. The molecular weight excluding hydrogens is 452 g/mol. The Morgan fingerprint density at radius 1 is 1.06 bits per heavy atom. The Morgan fingerprint density at radius 3 is 2.55 bits per heavy atom. The molecule has 172 valence electrons. The predicted octanol–water partition coefficient (Wildman–Crippen LogP) is 4.04. The van der Waals surface area contributed by atoms with E-state index in [0.29, 0.717) is 27.6 Å². The van der Waals surface area contributed by atoms with Crippen LogP contribution in [0.15, 0.2) is 59.7 Å². The largest absolute Gasteiger partial charge is 0.454 e. The molecule has 0 bridgehead atoms. The third kappa shape index (κ3) is 4.67. The van der Waals surface area contributed by atoms with Gasteiger partial charge in [0.1, 0.15) is 17.1 Å². The summed E-state index contributed by atoms with van der Waals surface area (Å²) in [6.07, 6.45) is 3.26. The van der Waals surface area contributed by atoms with Crippen molar-refractivity contribution in [2.24, 2.45) is 7.05 Å². The van der Waals surface area contributed by atoms with Crippen molar-refractivity contribution >= 4 is 20.9 Å². The number of halogens is 2. The lowest BCUT2D eigenvalue weighted by atomic mass is 10.0. The molecule has 0 fully saturated rings. The van der Waals surface area contributed by atoms with Crippen LogP contribution in [-0.2, 0) is 23.6 Å². The summed E-state index contributed by atoms with van der Waals surface area (Å²) in [4.78, 5) is 15.0. The molecule has 0 radical (unpaired) electrons. The zero-order valence-electron chi connectivity index (χ0n) is 17.9. The molecule has 0 saturated heterocycles. The van der Waals surface area contributed by atoms with Crippen molar-refractivity contribution in [3.05, 3.63) is 82.4 Å². The number of benzene rings is 2. The highest BCUT2D eigenvalue weighted by Crippen LogP contribution is 2.38. The van der Waals surface area contributed by atoms with Crippen molar-refractivity contribution in [2.45, 2.75) is 13.5 Å². The zero-order valence-corrected chi connectivity index (χ0v) is 18.7. The van der Waals surface area contributed by atoms with Gasteiger partial charge in [0.2, 0.25) is 10.0 Å². The van der Waals surface area contributed by atoms with Gasteiger partial charge < -0.3 is 14.3 Å². The smallest absolute Gasteiger partial charge is 0.272 e. The molecule has 0 unspecified atom stereocenters. The van der Waals surface area contributed by atoms with Gasteiger partial charge in [-0.25, -0.2) is 21.9 Å². The van der Waals surface area contributed by atoms with E-state index in [-0.39, 0.29) is 29.4 Å². The van der Waals surface area contributed by atoms with Crippen LogP contribution >= 0.6 is 0 Å². The number of H-pyrrole nitrogens is 1. The van der Waals surface area contributed by atoms with Gasteiger partial charge in [0.15, 0.2) is 11.6 Å². The minimum absolute atomic E-state index is 0.0414. The van der Waals surface area contributed by atoms with Crippen LogP contribution < -0.4 is 15.0 Å². The lowest BCUT2D eigenvalue weighted by molar-refractivity contribution is 0.439. The van der Waals surface area contributed by atoms with Crippen molar-refractivity contribution < 1.29 is 21.9 Å². The molecule has 2 heterocycles. The molecule has 2 aromatic heterocycles. The molecule has 0 atom stereocenters. The van der Waals surface area contributed by atoms with Gasteiger partial charge in [-0.2, -0.15) is 0 Å². The number of hydrogen-bond donors (Lipinski definition) is 2. The summed E-state index contributed by atoms with van der Waals surface area (Å²) in [5.74, 6) is -1.57. The van der Waals surface area contributed by atoms with Crippen LogP contribution in [0.4, 0.5) is 8.78 Å². The Morgan fingerprint density at radius 2 is 1.82 bits per heavy atom.